The molecule has 7 nitrogen and oxygen atoms in total. The molecule has 1 aliphatic carbocycles. The highest BCUT2D eigenvalue weighted by atomic mass is 16.4. The zero-order valence-electron chi connectivity index (χ0n) is 22.1. The molecular weight excluding hydrogens is 516 g/mol. The summed E-state index contributed by atoms with van der Waals surface area (Å²) in [6.45, 7) is 0.258. The quantitative estimate of drug-likeness (QED) is 0.248. The lowest BCUT2D eigenvalue weighted by molar-refractivity contribution is -0.137. The molecule has 0 spiro atoms. The Morgan fingerprint density at radius 2 is 1.37 bits per heavy atom. The molecule has 0 unspecified atom stereocenters. The molecule has 5 rings (SSSR count). The van der Waals surface area contributed by atoms with Crippen LogP contribution in [0.2, 0.25) is 0 Å². The van der Waals surface area contributed by atoms with Crippen LogP contribution in [-0.4, -0.2) is 34.0 Å². The van der Waals surface area contributed by atoms with Crippen LogP contribution in [0.5, 0.6) is 0 Å². The molecule has 0 aromatic heterocycles. The zero-order valence-corrected chi connectivity index (χ0v) is 22.1. The van der Waals surface area contributed by atoms with E-state index >= 15 is 0 Å². The van der Waals surface area contributed by atoms with Gasteiger partial charge in [0.05, 0.1) is 0 Å². The number of rotatable bonds is 8. The molecule has 204 valence electrons. The molecule has 0 bridgehead atoms. The van der Waals surface area contributed by atoms with E-state index in [2.05, 4.69) is 22.5 Å². The van der Waals surface area contributed by atoms with Crippen LogP contribution in [0.25, 0.3) is 11.1 Å². The smallest absolute Gasteiger partial charge is 0.303 e. The van der Waals surface area contributed by atoms with E-state index in [0.29, 0.717) is 11.1 Å². The predicted octanol–water partition coefficient (Wildman–Crippen LogP) is 4.23. The maximum atomic E-state index is 13.0. The van der Waals surface area contributed by atoms with Crippen molar-refractivity contribution >= 4 is 17.8 Å². The largest absolute Gasteiger partial charge is 0.481 e. The van der Waals surface area contributed by atoms with Gasteiger partial charge in [-0.15, -0.1) is 0 Å². The number of hydrogen-bond donors (Lipinski definition) is 4. The lowest BCUT2D eigenvalue weighted by Crippen LogP contribution is -2.46. The molecular formula is C34H28N2O5. The summed E-state index contributed by atoms with van der Waals surface area (Å²) in [5, 5.41) is 26.2. The zero-order chi connectivity index (χ0) is 28.8. The fourth-order valence-electron chi connectivity index (χ4n) is 4.90. The summed E-state index contributed by atoms with van der Waals surface area (Å²) in [7, 11) is 0. The molecule has 0 fully saturated rings. The number of aliphatic carboxylic acids is 1. The lowest BCUT2D eigenvalue weighted by Gasteiger charge is -2.19. The second-order valence-electron chi connectivity index (χ2n) is 9.79. The minimum atomic E-state index is -1.46. The first-order valence-electron chi connectivity index (χ1n) is 13.2. The van der Waals surface area contributed by atoms with Crippen molar-refractivity contribution in [1.29, 1.82) is 0 Å². The maximum Gasteiger partial charge on any atom is 0.303 e. The molecule has 1 atom stereocenters. The lowest BCUT2D eigenvalue weighted by atomic mass is 9.92. The van der Waals surface area contributed by atoms with Gasteiger partial charge >= 0.3 is 5.97 Å². The van der Waals surface area contributed by atoms with E-state index in [-0.39, 0.29) is 19.4 Å². The Labute approximate surface area is 237 Å². The van der Waals surface area contributed by atoms with Gasteiger partial charge in [-0.05, 0) is 47.4 Å². The van der Waals surface area contributed by atoms with E-state index in [1.165, 1.54) is 0 Å². The SMILES string of the molecule is O=C(O)CC[C@H](NC(=O)c1ccc(C#CC2(O)c3ccccc3-c3ccccc32)cc1)C(=O)NCc1ccccc1. The minimum Gasteiger partial charge on any atom is -0.481 e. The van der Waals surface area contributed by atoms with Crippen molar-refractivity contribution in [2.24, 2.45) is 0 Å². The number of carbonyl (C=O) groups excluding carboxylic acids is 2. The second kappa shape index (κ2) is 11.9. The summed E-state index contributed by atoms with van der Waals surface area (Å²) in [5.41, 5.74) is 3.64. The van der Waals surface area contributed by atoms with Crippen LogP contribution in [0.15, 0.2) is 103 Å². The number of fused-ring (bicyclic) bond motifs is 3. The highest BCUT2D eigenvalue weighted by Crippen LogP contribution is 2.46. The van der Waals surface area contributed by atoms with Crippen LogP contribution in [0.3, 0.4) is 0 Å². The topological polar surface area (TPSA) is 116 Å². The van der Waals surface area contributed by atoms with Gasteiger partial charge in [0.2, 0.25) is 5.91 Å². The van der Waals surface area contributed by atoms with Gasteiger partial charge in [0.1, 0.15) is 6.04 Å². The van der Waals surface area contributed by atoms with Crippen LogP contribution in [-0.2, 0) is 21.7 Å². The molecule has 4 aromatic rings. The minimum absolute atomic E-state index is 0.0488. The summed E-state index contributed by atoms with van der Waals surface area (Å²) in [6, 6.07) is 30.0. The average Bonchev–Trinajstić information content (AvgIpc) is 3.26. The fourth-order valence-corrected chi connectivity index (χ4v) is 4.90. The third-order valence-electron chi connectivity index (χ3n) is 7.04. The Balaban J connectivity index is 1.29. The molecule has 7 heteroatoms. The monoisotopic (exact) mass is 544 g/mol. The molecule has 1 aliphatic rings. The molecule has 2 amide bonds. The Kier molecular flexibility index (Phi) is 7.95. The number of carbonyl (C=O) groups is 3. The average molecular weight is 545 g/mol. The third-order valence-corrected chi connectivity index (χ3v) is 7.04. The predicted molar refractivity (Wildman–Crippen MR) is 155 cm³/mol. The van der Waals surface area contributed by atoms with Gasteiger partial charge in [-0.3, -0.25) is 14.4 Å². The number of nitrogens with one attached hydrogen (secondary N) is 2. The number of hydrogen-bond acceptors (Lipinski definition) is 4. The molecule has 0 saturated heterocycles. The Morgan fingerprint density at radius 1 is 0.780 bits per heavy atom. The van der Waals surface area contributed by atoms with Crippen molar-refractivity contribution in [3.05, 3.63) is 131 Å². The van der Waals surface area contributed by atoms with Crippen LogP contribution >= 0.6 is 0 Å². The van der Waals surface area contributed by atoms with Crippen LogP contribution in [0.1, 0.15) is 45.5 Å². The standard InChI is InChI=1S/C34H28N2O5/c37-31(38)19-18-30(33(40)35-22-24-8-2-1-3-9-24)36-32(39)25-16-14-23(15-17-25)20-21-34(41)28-12-6-4-10-26(28)27-11-5-7-13-29(27)34/h1-17,30,41H,18-19,22H2,(H,35,40)(H,36,39)(H,37,38)/t30-/m0/s1. The summed E-state index contributed by atoms with van der Waals surface area (Å²) in [5.74, 6) is 4.04. The summed E-state index contributed by atoms with van der Waals surface area (Å²) >= 11 is 0. The molecule has 4 aromatic carbocycles. The van der Waals surface area contributed by atoms with Crippen molar-refractivity contribution in [3.8, 4) is 23.0 Å². The molecule has 0 heterocycles. The highest BCUT2D eigenvalue weighted by Gasteiger charge is 2.40. The summed E-state index contributed by atoms with van der Waals surface area (Å²) < 4.78 is 0. The first-order valence-corrected chi connectivity index (χ1v) is 13.2. The number of aliphatic hydroxyl groups is 1. The first kappa shape index (κ1) is 27.4. The van der Waals surface area contributed by atoms with Gasteiger partial charge in [0.25, 0.3) is 5.91 Å². The number of benzene rings is 4. The van der Waals surface area contributed by atoms with Crippen molar-refractivity contribution in [2.75, 3.05) is 0 Å². The van der Waals surface area contributed by atoms with Gasteiger partial charge in [0.15, 0.2) is 5.60 Å². The van der Waals surface area contributed by atoms with Crippen molar-refractivity contribution in [2.45, 2.75) is 31.0 Å². The molecule has 0 aliphatic heterocycles. The van der Waals surface area contributed by atoms with Gasteiger partial charge in [0, 0.05) is 35.2 Å². The normalized spacial score (nSPS) is 13.1. The van der Waals surface area contributed by atoms with E-state index in [1.54, 1.807) is 24.3 Å². The first-order chi connectivity index (χ1) is 19.8. The summed E-state index contributed by atoms with van der Waals surface area (Å²) in [4.78, 5) is 36.9. The van der Waals surface area contributed by atoms with Gasteiger partial charge < -0.3 is 20.8 Å². The van der Waals surface area contributed by atoms with Crippen molar-refractivity contribution in [3.63, 3.8) is 0 Å². The Morgan fingerprint density at radius 3 is 1.98 bits per heavy atom. The van der Waals surface area contributed by atoms with Crippen LogP contribution in [0.4, 0.5) is 0 Å². The van der Waals surface area contributed by atoms with Gasteiger partial charge in [-0.2, -0.15) is 0 Å². The molecule has 4 N–H and O–H groups in total. The van der Waals surface area contributed by atoms with Crippen molar-refractivity contribution in [1.82, 2.24) is 10.6 Å². The molecule has 0 saturated carbocycles. The highest BCUT2D eigenvalue weighted by molar-refractivity contribution is 5.97. The number of amides is 2. The Bertz CT molecular complexity index is 1610. The van der Waals surface area contributed by atoms with E-state index in [1.807, 2.05) is 78.9 Å². The Hall–Kier alpha value is -5.19. The van der Waals surface area contributed by atoms with Crippen molar-refractivity contribution < 1.29 is 24.6 Å². The van der Waals surface area contributed by atoms with E-state index in [0.717, 1.165) is 27.8 Å². The van der Waals surface area contributed by atoms with E-state index < -0.39 is 29.4 Å². The molecule has 0 radical (unpaired) electrons. The summed E-state index contributed by atoms with van der Waals surface area (Å²) in [6.07, 6.45) is -0.319. The second-order valence-corrected chi connectivity index (χ2v) is 9.79. The van der Waals surface area contributed by atoms with E-state index in [4.69, 9.17) is 5.11 Å². The fraction of sp³-hybridized carbons (Fsp3) is 0.147. The molecule has 41 heavy (non-hydrogen) atoms. The number of carboxylic acid groups (broad SMARTS) is 1. The third kappa shape index (κ3) is 6.03. The number of carboxylic acids is 1. The van der Waals surface area contributed by atoms with Crippen LogP contribution < -0.4 is 10.6 Å². The van der Waals surface area contributed by atoms with E-state index in [9.17, 15) is 19.5 Å². The van der Waals surface area contributed by atoms with Gasteiger partial charge in [-0.25, -0.2) is 0 Å². The van der Waals surface area contributed by atoms with Crippen LogP contribution in [0, 0.1) is 11.8 Å². The van der Waals surface area contributed by atoms with Gasteiger partial charge in [-0.1, -0.05) is 90.7 Å². The maximum absolute atomic E-state index is 13.0.